The Kier molecular flexibility index (Phi) is 6.47. The van der Waals surface area contributed by atoms with Crippen LogP contribution < -0.4 is 4.90 Å². The number of rotatable bonds is 7. The first-order valence-electron chi connectivity index (χ1n) is 8.11. The third-order valence-electron chi connectivity index (χ3n) is 4.03. The zero-order chi connectivity index (χ0) is 20.9. The lowest BCUT2D eigenvalue weighted by Crippen LogP contribution is -2.35. The Labute approximate surface area is 161 Å². The number of hydrogen-bond acceptors (Lipinski definition) is 7. The maximum Gasteiger partial charge on any atom is 0.324 e. The summed E-state index contributed by atoms with van der Waals surface area (Å²) in [5.41, 5.74) is 0.318. The quantitative estimate of drug-likeness (QED) is 0.391. The van der Waals surface area contributed by atoms with Crippen LogP contribution in [0.5, 0.6) is 0 Å². The van der Waals surface area contributed by atoms with E-state index in [0.717, 1.165) is 31.2 Å². The van der Waals surface area contributed by atoms with Crippen LogP contribution in [-0.2, 0) is 24.2 Å². The van der Waals surface area contributed by atoms with Gasteiger partial charge in [0.25, 0.3) is 11.6 Å². The number of para-hydroxylation sites is 1. The summed E-state index contributed by atoms with van der Waals surface area (Å²) in [5, 5.41) is 9.08. The third kappa shape index (κ3) is 4.71. The van der Waals surface area contributed by atoms with Crippen LogP contribution >= 0.6 is 0 Å². The number of sulfone groups is 1. The van der Waals surface area contributed by atoms with Gasteiger partial charge in [0.05, 0.1) is 9.82 Å². The molecule has 0 aromatic heterocycles. The van der Waals surface area contributed by atoms with Crippen LogP contribution in [0.1, 0.15) is 6.92 Å². The van der Waals surface area contributed by atoms with Gasteiger partial charge < -0.3 is 9.64 Å². The van der Waals surface area contributed by atoms with Gasteiger partial charge in [-0.2, -0.15) is 0 Å². The van der Waals surface area contributed by atoms with Crippen LogP contribution in [0.15, 0.2) is 59.5 Å². The van der Waals surface area contributed by atoms with E-state index in [9.17, 15) is 28.1 Å². The predicted molar refractivity (Wildman–Crippen MR) is 101 cm³/mol. The maximum absolute atomic E-state index is 12.5. The number of esters is 1. The van der Waals surface area contributed by atoms with Crippen LogP contribution in [0, 0.1) is 10.1 Å². The SMILES string of the molecule is C[C@H](C(=O)OCC(=O)N(C)c1ccccc1)S(=O)(=O)c1ccc([N+](=O)[O-])cc1. The molecule has 0 N–H and O–H groups in total. The molecule has 2 aromatic carbocycles. The summed E-state index contributed by atoms with van der Waals surface area (Å²) in [6, 6.07) is 12.8. The fourth-order valence-corrected chi connectivity index (χ4v) is 3.48. The van der Waals surface area contributed by atoms with Crippen molar-refractivity contribution in [2.75, 3.05) is 18.6 Å². The van der Waals surface area contributed by atoms with Gasteiger partial charge >= 0.3 is 5.97 Å². The van der Waals surface area contributed by atoms with Crippen molar-refractivity contribution in [2.24, 2.45) is 0 Å². The minimum absolute atomic E-state index is 0.254. The lowest BCUT2D eigenvalue weighted by molar-refractivity contribution is -0.384. The molecule has 0 aliphatic heterocycles. The van der Waals surface area contributed by atoms with Crippen LogP contribution in [0.2, 0.25) is 0 Å². The van der Waals surface area contributed by atoms with E-state index < -0.39 is 38.5 Å². The Balaban J connectivity index is 2.03. The molecule has 0 aliphatic carbocycles. The number of nitro groups is 1. The number of nitrogens with zero attached hydrogens (tertiary/aromatic N) is 2. The first kappa shape index (κ1) is 21.0. The van der Waals surface area contributed by atoms with Gasteiger partial charge in [0, 0.05) is 24.9 Å². The topological polar surface area (TPSA) is 124 Å². The minimum Gasteiger partial charge on any atom is -0.455 e. The molecule has 1 amide bonds. The number of hydrogen-bond donors (Lipinski definition) is 0. The smallest absolute Gasteiger partial charge is 0.324 e. The van der Waals surface area contributed by atoms with Crippen molar-refractivity contribution in [1.82, 2.24) is 0 Å². The molecule has 9 nitrogen and oxygen atoms in total. The molecular formula is C18H18N2O7S. The number of nitro benzene ring substituents is 1. The van der Waals surface area contributed by atoms with Crippen molar-refractivity contribution in [1.29, 1.82) is 0 Å². The number of carbonyl (C=O) groups excluding carboxylic acids is 2. The molecule has 0 aliphatic rings. The molecule has 0 bridgehead atoms. The molecule has 0 spiro atoms. The van der Waals surface area contributed by atoms with Gasteiger partial charge in [0.2, 0.25) is 0 Å². The number of ether oxygens (including phenoxy) is 1. The standard InChI is InChI=1S/C18H18N2O7S/c1-13(28(25,26)16-10-8-15(9-11-16)20(23)24)18(22)27-12-17(21)19(2)14-6-4-3-5-7-14/h3-11,13H,12H2,1-2H3/t13-/m1/s1. The van der Waals surface area contributed by atoms with Crippen molar-refractivity contribution < 1.29 is 27.7 Å². The van der Waals surface area contributed by atoms with E-state index >= 15 is 0 Å². The average Bonchev–Trinajstić information content (AvgIpc) is 2.71. The zero-order valence-electron chi connectivity index (χ0n) is 15.1. The summed E-state index contributed by atoms with van der Waals surface area (Å²) < 4.78 is 29.8. The van der Waals surface area contributed by atoms with Crippen molar-refractivity contribution in [3.05, 3.63) is 64.7 Å². The monoisotopic (exact) mass is 406 g/mol. The molecule has 0 saturated carbocycles. The minimum atomic E-state index is -4.12. The second-order valence-electron chi connectivity index (χ2n) is 5.83. The third-order valence-corrected chi connectivity index (χ3v) is 6.08. The number of likely N-dealkylation sites (N-methyl/N-ethyl adjacent to an activating group) is 1. The Morgan fingerprint density at radius 3 is 2.21 bits per heavy atom. The highest BCUT2D eigenvalue weighted by Gasteiger charge is 2.32. The molecule has 0 fully saturated rings. The van der Waals surface area contributed by atoms with Gasteiger partial charge in [-0.3, -0.25) is 19.7 Å². The van der Waals surface area contributed by atoms with Gasteiger partial charge in [-0.25, -0.2) is 8.42 Å². The summed E-state index contributed by atoms with van der Waals surface area (Å²) in [4.78, 5) is 35.3. The number of benzene rings is 2. The van der Waals surface area contributed by atoms with E-state index in [0.29, 0.717) is 5.69 Å². The summed E-state index contributed by atoms with van der Waals surface area (Å²) in [5.74, 6) is -1.62. The molecule has 0 radical (unpaired) electrons. The normalized spacial score (nSPS) is 12.1. The molecule has 10 heteroatoms. The zero-order valence-corrected chi connectivity index (χ0v) is 16.0. The molecule has 0 unspecified atom stereocenters. The van der Waals surface area contributed by atoms with Gasteiger partial charge in [-0.1, -0.05) is 18.2 Å². The second kappa shape index (κ2) is 8.61. The number of carbonyl (C=O) groups is 2. The summed E-state index contributed by atoms with van der Waals surface area (Å²) >= 11 is 0. The van der Waals surface area contributed by atoms with Crippen LogP contribution in [-0.4, -0.2) is 44.1 Å². The lowest BCUT2D eigenvalue weighted by Gasteiger charge is -2.18. The van der Waals surface area contributed by atoms with E-state index in [4.69, 9.17) is 4.74 Å². The average molecular weight is 406 g/mol. The number of amides is 1. The van der Waals surface area contributed by atoms with Crippen LogP contribution in [0.3, 0.4) is 0 Å². The van der Waals surface area contributed by atoms with E-state index in [1.54, 1.807) is 30.3 Å². The Bertz CT molecular complexity index is 973. The summed E-state index contributed by atoms with van der Waals surface area (Å²) in [6.07, 6.45) is 0. The molecule has 0 saturated heterocycles. The van der Waals surface area contributed by atoms with Crippen LogP contribution in [0.25, 0.3) is 0 Å². The predicted octanol–water partition coefficient (Wildman–Crippen LogP) is 1.96. The van der Waals surface area contributed by atoms with Crippen molar-refractivity contribution in [3.63, 3.8) is 0 Å². The number of non-ortho nitro benzene ring substituents is 1. The lowest BCUT2D eigenvalue weighted by atomic mass is 10.3. The van der Waals surface area contributed by atoms with Crippen molar-refractivity contribution in [3.8, 4) is 0 Å². The fourth-order valence-electron chi connectivity index (χ4n) is 2.23. The van der Waals surface area contributed by atoms with E-state index in [2.05, 4.69) is 0 Å². The van der Waals surface area contributed by atoms with Crippen molar-refractivity contribution >= 4 is 33.1 Å². The summed E-state index contributed by atoms with van der Waals surface area (Å²) in [6.45, 7) is 0.509. The van der Waals surface area contributed by atoms with Gasteiger partial charge in [0.15, 0.2) is 21.7 Å². The second-order valence-corrected chi connectivity index (χ2v) is 8.10. The van der Waals surface area contributed by atoms with Gasteiger partial charge in [0.1, 0.15) is 0 Å². The van der Waals surface area contributed by atoms with Gasteiger partial charge in [-0.05, 0) is 31.2 Å². The fraction of sp³-hybridized carbons (Fsp3) is 0.222. The maximum atomic E-state index is 12.5. The molecule has 0 heterocycles. The van der Waals surface area contributed by atoms with E-state index in [-0.39, 0.29) is 10.6 Å². The Morgan fingerprint density at radius 1 is 1.11 bits per heavy atom. The highest BCUT2D eigenvalue weighted by molar-refractivity contribution is 7.92. The molecule has 148 valence electrons. The molecule has 28 heavy (non-hydrogen) atoms. The Morgan fingerprint density at radius 2 is 1.68 bits per heavy atom. The molecule has 2 rings (SSSR count). The summed E-state index contributed by atoms with van der Waals surface area (Å²) in [7, 11) is -2.62. The van der Waals surface area contributed by atoms with Gasteiger partial charge in [-0.15, -0.1) is 0 Å². The number of anilines is 1. The first-order chi connectivity index (χ1) is 13.1. The first-order valence-corrected chi connectivity index (χ1v) is 9.66. The highest BCUT2D eigenvalue weighted by Crippen LogP contribution is 2.20. The molecule has 1 atom stereocenters. The van der Waals surface area contributed by atoms with Crippen molar-refractivity contribution in [2.45, 2.75) is 17.1 Å². The highest BCUT2D eigenvalue weighted by atomic mass is 32.2. The molecule has 2 aromatic rings. The van der Waals surface area contributed by atoms with Crippen LogP contribution in [0.4, 0.5) is 11.4 Å². The van der Waals surface area contributed by atoms with E-state index in [1.165, 1.54) is 11.9 Å². The van der Waals surface area contributed by atoms with E-state index in [1.807, 2.05) is 0 Å². The molecular weight excluding hydrogens is 388 g/mol. The largest absolute Gasteiger partial charge is 0.455 e. The Hall–Kier alpha value is -3.27.